The maximum absolute atomic E-state index is 10.6. The van der Waals surface area contributed by atoms with Crippen molar-refractivity contribution in [2.75, 3.05) is 7.11 Å². The maximum atomic E-state index is 10.6. The minimum absolute atomic E-state index is 0.313. The van der Waals surface area contributed by atoms with Gasteiger partial charge < -0.3 is 20.7 Å². The molecule has 94 valence electrons. The summed E-state index contributed by atoms with van der Waals surface area (Å²) in [5.41, 5.74) is 5.34. The first-order valence-corrected chi connectivity index (χ1v) is 5.31. The zero-order chi connectivity index (χ0) is 13.0. The Labute approximate surface area is 104 Å². The highest BCUT2D eigenvalue weighted by Gasteiger charge is 2.21. The van der Waals surface area contributed by atoms with Gasteiger partial charge in [-0.15, -0.1) is 0 Å². The number of primary amides is 1. The van der Waals surface area contributed by atoms with Gasteiger partial charge in [0.15, 0.2) is 0 Å². The predicted molar refractivity (Wildman–Crippen MR) is 62.8 cm³/mol. The number of rotatable bonds is 5. The quantitative estimate of drug-likeness (QED) is 0.723. The second-order valence-electron chi connectivity index (χ2n) is 3.58. The van der Waals surface area contributed by atoms with Gasteiger partial charge in [0.25, 0.3) is 0 Å². The number of carbonyl (C=O) groups is 1. The molecule has 0 saturated heterocycles. The summed E-state index contributed by atoms with van der Waals surface area (Å²) in [6, 6.07) is 4.58. The second kappa shape index (κ2) is 5.86. The van der Waals surface area contributed by atoms with Gasteiger partial charge in [-0.3, -0.25) is 4.79 Å². The van der Waals surface area contributed by atoms with Crippen LogP contribution in [0.1, 0.15) is 18.1 Å². The third-order valence-corrected chi connectivity index (χ3v) is 2.60. The van der Waals surface area contributed by atoms with E-state index in [-0.39, 0.29) is 6.42 Å². The number of hydrogen-bond acceptors (Lipinski definition) is 4. The fourth-order valence-corrected chi connectivity index (χ4v) is 1.59. The highest BCUT2D eigenvalue weighted by atomic mass is 35.5. The van der Waals surface area contributed by atoms with Crippen LogP contribution in [0.15, 0.2) is 18.2 Å². The molecule has 1 aromatic carbocycles. The summed E-state index contributed by atoms with van der Waals surface area (Å²) in [5, 5.41) is 19.7. The molecule has 0 spiro atoms. The molecule has 1 amide bonds. The van der Waals surface area contributed by atoms with Crippen molar-refractivity contribution in [1.82, 2.24) is 0 Å². The topological polar surface area (TPSA) is 92.8 Å². The molecule has 0 aliphatic rings. The van der Waals surface area contributed by atoms with Gasteiger partial charge in [-0.05, 0) is 17.7 Å². The van der Waals surface area contributed by atoms with Crippen molar-refractivity contribution >= 4 is 17.5 Å². The van der Waals surface area contributed by atoms with Crippen LogP contribution in [0.25, 0.3) is 0 Å². The lowest BCUT2D eigenvalue weighted by molar-refractivity contribution is -0.121. The van der Waals surface area contributed by atoms with E-state index in [4.69, 9.17) is 22.1 Å². The third kappa shape index (κ3) is 3.59. The molecule has 0 bridgehead atoms. The first kappa shape index (κ1) is 13.8. The van der Waals surface area contributed by atoms with Gasteiger partial charge in [-0.1, -0.05) is 17.7 Å². The Hall–Kier alpha value is -1.30. The largest absolute Gasteiger partial charge is 0.495 e. The zero-order valence-electron chi connectivity index (χ0n) is 9.26. The molecule has 0 saturated carbocycles. The molecule has 2 atom stereocenters. The fraction of sp³-hybridized carbons (Fsp3) is 0.364. The summed E-state index contributed by atoms with van der Waals surface area (Å²) >= 11 is 5.82. The molecule has 5 nitrogen and oxygen atoms in total. The third-order valence-electron chi connectivity index (χ3n) is 2.29. The number of nitrogens with two attached hydrogens (primary N) is 1. The minimum Gasteiger partial charge on any atom is -0.495 e. The SMILES string of the molecule is COc1cc(C(O)C(O)CC(N)=O)ccc1Cl. The monoisotopic (exact) mass is 259 g/mol. The van der Waals surface area contributed by atoms with Crippen LogP contribution in [-0.4, -0.2) is 29.3 Å². The number of amides is 1. The average Bonchev–Trinajstić information content (AvgIpc) is 2.27. The Bertz CT molecular complexity index is 410. The second-order valence-corrected chi connectivity index (χ2v) is 3.98. The molecule has 0 aliphatic heterocycles. The molecule has 2 unspecified atom stereocenters. The lowest BCUT2D eigenvalue weighted by atomic mass is 10.0. The van der Waals surface area contributed by atoms with Crippen LogP contribution in [0, 0.1) is 0 Å². The zero-order valence-corrected chi connectivity index (χ0v) is 10.0. The summed E-state index contributed by atoms with van der Waals surface area (Å²) in [4.78, 5) is 10.6. The van der Waals surface area contributed by atoms with Crippen molar-refractivity contribution in [2.45, 2.75) is 18.6 Å². The molecule has 0 aliphatic carbocycles. The minimum atomic E-state index is -1.25. The Morgan fingerprint density at radius 2 is 2.18 bits per heavy atom. The van der Waals surface area contributed by atoms with E-state index >= 15 is 0 Å². The normalized spacial score (nSPS) is 14.1. The number of halogens is 1. The first-order chi connectivity index (χ1) is 7.95. The lowest BCUT2D eigenvalue weighted by Crippen LogP contribution is -2.25. The summed E-state index contributed by atoms with van der Waals surface area (Å²) in [6.07, 6.45) is -2.78. The molecule has 0 heterocycles. The van der Waals surface area contributed by atoms with Crippen LogP contribution in [0.5, 0.6) is 5.75 Å². The van der Waals surface area contributed by atoms with Gasteiger partial charge in [0.05, 0.1) is 24.7 Å². The van der Waals surface area contributed by atoms with E-state index in [1.807, 2.05) is 0 Å². The van der Waals surface area contributed by atoms with Crippen molar-refractivity contribution < 1.29 is 19.7 Å². The molecular formula is C11H14ClNO4. The summed E-state index contributed by atoms with van der Waals surface area (Å²) < 4.78 is 4.98. The molecule has 0 aromatic heterocycles. The van der Waals surface area contributed by atoms with E-state index in [0.717, 1.165) is 0 Å². The van der Waals surface area contributed by atoms with Crippen molar-refractivity contribution in [1.29, 1.82) is 0 Å². The number of hydrogen-bond donors (Lipinski definition) is 3. The average molecular weight is 260 g/mol. The smallest absolute Gasteiger partial charge is 0.220 e. The Morgan fingerprint density at radius 1 is 1.53 bits per heavy atom. The molecule has 17 heavy (non-hydrogen) atoms. The van der Waals surface area contributed by atoms with Gasteiger partial charge >= 0.3 is 0 Å². The number of aliphatic hydroxyl groups is 2. The number of benzene rings is 1. The van der Waals surface area contributed by atoms with Crippen LogP contribution in [0.2, 0.25) is 5.02 Å². The standard InChI is InChI=1S/C11H14ClNO4/c1-17-9-4-6(2-3-7(9)12)11(16)8(14)5-10(13)15/h2-4,8,11,14,16H,5H2,1H3,(H2,13,15). The Morgan fingerprint density at radius 3 is 2.71 bits per heavy atom. The van der Waals surface area contributed by atoms with Crippen LogP contribution < -0.4 is 10.5 Å². The Balaban J connectivity index is 2.88. The van der Waals surface area contributed by atoms with Crippen LogP contribution in [0.4, 0.5) is 0 Å². The predicted octanol–water partition coefficient (Wildman–Crippen LogP) is 0.618. The molecule has 0 radical (unpaired) electrons. The summed E-state index contributed by atoms with van der Waals surface area (Å²) in [6.45, 7) is 0. The molecular weight excluding hydrogens is 246 g/mol. The van der Waals surface area contributed by atoms with E-state index in [9.17, 15) is 15.0 Å². The van der Waals surface area contributed by atoms with Gasteiger partial charge in [0, 0.05) is 0 Å². The summed E-state index contributed by atoms with van der Waals surface area (Å²) in [7, 11) is 1.44. The maximum Gasteiger partial charge on any atom is 0.220 e. The van der Waals surface area contributed by atoms with Crippen LogP contribution >= 0.6 is 11.6 Å². The highest BCUT2D eigenvalue weighted by Crippen LogP contribution is 2.29. The lowest BCUT2D eigenvalue weighted by Gasteiger charge is -2.17. The van der Waals surface area contributed by atoms with Gasteiger partial charge in [0.1, 0.15) is 11.9 Å². The molecule has 1 aromatic rings. The van der Waals surface area contributed by atoms with Crippen molar-refractivity contribution in [3.8, 4) is 5.75 Å². The van der Waals surface area contributed by atoms with Crippen LogP contribution in [0.3, 0.4) is 0 Å². The Kier molecular flexibility index (Phi) is 4.74. The van der Waals surface area contributed by atoms with E-state index in [0.29, 0.717) is 16.3 Å². The van der Waals surface area contributed by atoms with E-state index in [1.54, 1.807) is 6.07 Å². The summed E-state index contributed by atoms with van der Waals surface area (Å²) in [5.74, 6) is -0.299. The highest BCUT2D eigenvalue weighted by molar-refractivity contribution is 6.32. The van der Waals surface area contributed by atoms with Crippen molar-refractivity contribution in [3.63, 3.8) is 0 Å². The number of carbonyl (C=O) groups excluding carboxylic acids is 1. The van der Waals surface area contributed by atoms with E-state index in [2.05, 4.69) is 0 Å². The molecule has 1 rings (SSSR count). The number of methoxy groups -OCH3 is 1. The van der Waals surface area contributed by atoms with E-state index < -0.39 is 18.1 Å². The van der Waals surface area contributed by atoms with Crippen molar-refractivity contribution in [2.24, 2.45) is 5.73 Å². The fourth-order valence-electron chi connectivity index (χ4n) is 1.40. The molecule has 0 fully saturated rings. The molecule has 6 heteroatoms. The van der Waals surface area contributed by atoms with E-state index in [1.165, 1.54) is 19.2 Å². The van der Waals surface area contributed by atoms with Gasteiger partial charge in [0.2, 0.25) is 5.91 Å². The number of ether oxygens (including phenoxy) is 1. The van der Waals surface area contributed by atoms with Crippen LogP contribution in [-0.2, 0) is 4.79 Å². The molecule has 4 N–H and O–H groups in total. The van der Waals surface area contributed by atoms with Gasteiger partial charge in [-0.25, -0.2) is 0 Å². The van der Waals surface area contributed by atoms with Gasteiger partial charge in [-0.2, -0.15) is 0 Å². The van der Waals surface area contributed by atoms with Crippen molar-refractivity contribution in [3.05, 3.63) is 28.8 Å². The first-order valence-electron chi connectivity index (χ1n) is 4.93. The number of aliphatic hydroxyl groups excluding tert-OH is 2.